The fraction of sp³-hybridized carbons (Fsp3) is 0.188. The normalized spacial score (nSPS) is 10.5. The number of aromatic carboxylic acids is 2. The monoisotopic (exact) mass is 348 g/mol. The second-order valence-corrected chi connectivity index (χ2v) is 6.15. The maximum absolute atomic E-state index is 12.0. The lowest BCUT2D eigenvalue weighted by molar-refractivity contribution is 0.0695. The van der Waals surface area contributed by atoms with Crippen LogP contribution in [0.4, 0.5) is 5.82 Å². The first kappa shape index (κ1) is 17.6. The number of H-pyrrole nitrogens is 1. The van der Waals surface area contributed by atoms with Crippen LogP contribution in [0.2, 0.25) is 0 Å². The Balaban J connectivity index is 2.79. The second-order valence-electron chi connectivity index (χ2n) is 4.98. The number of hydrogen-bond acceptors (Lipinski definition) is 5. The maximum Gasteiger partial charge on any atom is 0.342 e. The highest BCUT2D eigenvalue weighted by molar-refractivity contribution is 7.99. The highest BCUT2D eigenvalue weighted by Gasteiger charge is 2.26. The lowest BCUT2D eigenvalue weighted by Gasteiger charge is -2.13. The van der Waals surface area contributed by atoms with Gasteiger partial charge < -0.3 is 20.9 Å². The van der Waals surface area contributed by atoms with E-state index in [4.69, 9.17) is 5.73 Å². The molecule has 8 heteroatoms. The minimum atomic E-state index is -1.51. The third-order valence-corrected chi connectivity index (χ3v) is 4.47. The van der Waals surface area contributed by atoms with E-state index < -0.39 is 28.6 Å². The number of benzene rings is 1. The number of pyridine rings is 1. The van der Waals surface area contributed by atoms with E-state index in [0.717, 1.165) is 17.1 Å². The van der Waals surface area contributed by atoms with Crippen LogP contribution in [0.25, 0.3) is 11.1 Å². The zero-order valence-corrected chi connectivity index (χ0v) is 13.6. The van der Waals surface area contributed by atoms with Crippen LogP contribution in [0.1, 0.15) is 34.1 Å². The van der Waals surface area contributed by atoms with E-state index in [1.807, 2.05) is 13.0 Å². The molecule has 2 rings (SSSR count). The van der Waals surface area contributed by atoms with Gasteiger partial charge in [0.05, 0.1) is 0 Å². The predicted molar refractivity (Wildman–Crippen MR) is 91.8 cm³/mol. The summed E-state index contributed by atoms with van der Waals surface area (Å²) in [6, 6.07) is 6.74. The molecule has 1 aromatic carbocycles. The molecule has 0 unspecified atom stereocenters. The van der Waals surface area contributed by atoms with E-state index in [-0.39, 0.29) is 11.4 Å². The summed E-state index contributed by atoms with van der Waals surface area (Å²) in [7, 11) is 0. The number of hydrogen-bond donors (Lipinski definition) is 4. The van der Waals surface area contributed by atoms with Crippen molar-refractivity contribution in [3.63, 3.8) is 0 Å². The molecule has 0 aliphatic carbocycles. The van der Waals surface area contributed by atoms with E-state index in [2.05, 4.69) is 4.98 Å². The molecule has 0 saturated carbocycles. The number of nitrogens with two attached hydrogens (primary N) is 1. The minimum Gasteiger partial charge on any atom is -0.478 e. The summed E-state index contributed by atoms with van der Waals surface area (Å²) in [5, 5.41) is 18.8. The van der Waals surface area contributed by atoms with Crippen molar-refractivity contribution < 1.29 is 19.8 Å². The van der Waals surface area contributed by atoms with Crippen molar-refractivity contribution in [3.05, 3.63) is 45.7 Å². The number of carbonyl (C=O) groups is 2. The molecule has 2 aromatic rings. The standard InChI is InChI=1S/C16H16N2O5S/c1-2-6-24-9-5-3-4-8(7-9)10-11(15(20)21)13(17)18-14(19)12(10)16(22)23/h3-5,7H,2,6H2,1H3,(H,20,21)(H,22,23)(H3,17,18,19). The first-order valence-electron chi connectivity index (χ1n) is 7.12. The van der Waals surface area contributed by atoms with Crippen LogP contribution in [0.5, 0.6) is 0 Å². The van der Waals surface area contributed by atoms with Crippen LogP contribution < -0.4 is 11.3 Å². The van der Waals surface area contributed by atoms with Crippen LogP contribution >= 0.6 is 11.8 Å². The maximum atomic E-state index is 12.0. The molecule has 0 saturated heterocycles. The lowest BCUT2D eigenvalue weighted by Crippen LogP contribution is -2.24. The number of nitrogens with one attached hydrogen (secondary N) is 1. The van der Waals surface area contributed by atoms with Crippen LogP contribution in [0.3, 0.4) is 0 Å². The lowest BCUT2D eigenvalue weighted by atomic mass is 9.95. The number of thioether (sulfide) groups is 1. The Morgan fingerprint density at radius 1 is 1.21 bits per heavy atom. The third kappa shape index (κ3) is 3.43. The topological polar surface area (TPSA) is 133 Å². The quantitative estimate of drug-likeness (QED) is 0.589. The van der Waals surface area contributed by atoms with E-state index in [9.17, 15) is 24.6 Å². The Bertz CT molecular complexity index is 860. The zero-order valence-electron chi connectivity index (χ0n) is 12.8. The van der Waals surface area contributed by atoms with Crippen LogP contribution in [-0.2, 0) is 0 Å². The van der Waals surface area contributed by atoms with Crippen LogP contribution in [0.15, 0.2) is 34.0 Å². The highest BCUT2D eigenvalue weighted by atomic mass is 32.2. The molecule has 0 fully saturated rings. The van der Waals surface area contributed by atoms with Gasteiger partial charge in [0.1, 0.15) is 16.9 Å². The largest absolute Gasteiger partial charge is 0.478 e. The molecule has 0 bridgehead atoms. The van der Waals surface area contributed by atoms with Gasteiger partial charge in [0.15, 0.2) is 0 Å². The molecule has 126 valence electrons. The van der Waals surface area contributed by atoms with Gasteiger partial charge in [0, 0.05) is 10.5 Å². The third-order valence-electron chi connectivity index (χ3n) is 3.27. The molecule has 1 heterocycles. The van der Waals surface area contributed by atoms with Gasteiger partial charge in [0.2, 0.25) is 0 Å². The number of carboxylic acid groups (broad SMARTS) is 2. The second kappa shape index (κ2) is 7.22. The molecule has 1 aromatic heterocycles. The number of carboxylic acids is 2. The molecule has 0 aliphatic heterocycles. The molecule has 0 amide bonds. The Kier molecular flexibility index (Phi) is 5.30. The molecule has 24 heavy (non-hydrogen) atoms. The van der Waals surface area contributed by atoms with E-state index >= 15 is 0 Å². The van der Waals surface area contributed by atoms with Crippen molar-refractivity contribution in [1.29, 1.82) is 0 Å². The number of aromatic amines is 1. The molecular formula is C16H16N2O5S. The zero-order chi connectivity index (χ0) is 17.9. The summed E-state index contributed by atoms with van der Waals surface area (Å²) in [4.78, 5) is 38.0. The summed E-state index contributed by atoms with van der Waals surface area (Å²) < 4.78 is 0. The van der Waals surface area contributed by atoms with Crippen molar-refractivity contribution in [2.45, 2.75) is 18.2 Å². The number of anilines is 1. The molecular weight excluding hydrogens is 332 g/mol. The van der Waals surface area contributed by atoms with E-state index in [1.54, 1.807) is 30.0 Å². The Morgan fingerprint density at radius 3 is 2.46 bits per heavy atom. The van der Waals surface area contributed by atoms with Gasteiger partial charge in [-0.05, 0) is 29.9 Å². The number of nitrogen functional groups attached to an aromatic ring is 1. The molecule has 7 nitrogen and oxygen atoms in total. The Labute approximate surface area is 141 Å². The van der Waals surface area contributed by atoms with Gasteiger partial charge in [-0.25, -0.2) is 9.59 Å². The first-order valence-corrected chi connectivity index (χ1v) is 8.11. The van der Waals surface area contributed by atoms with Gasteiger partial charge in [-0.3, -0.25) is 4.79 Å². The number of rotatable bonds is 6. The highest BCUT2D eigenvalue weighted by Crippen LogP contribution is 2.32. The van der Waals surface area contributed by atoms with Gasteiger partial charge in [-0.1, -0.05) is 19.1 Å². The summed E-state index contributed by atoms with van der Waals surface area (Å²) in [6.07, 6.45) is 0.952. The number of aromatic nitrogens is 1. The van der Waals surface area contributed by atoms with Gasteiger partial charge in [-0.2, -0.15) is 0 Å². The van der Waals surface area contributed by atoms with Crippen LogP contribution in [-0.4, -0.2) is 32.9 Å². The SMILES string of the molecule is CCCSc1cccc(-c2c(C(=O)O)c(N)[nH]c(=O)c2C(=O)O)c1. The molecule has 5 N–H and O–H groups in total. The van der Waals surface area contributed by atoms with Gasteiger partial charge in [-0.15, -0.1) is 11.8 Å². The van der Waals surface area contributed by atoms with Crippen molar-refractivity contribution in [1.82, 2.24) is 4.98 Å². The van der Waals surface area contributed by atoms with Crippen molar-refractivity contribution in [2.24, 2.45) is 0 Å². The van der Waals surface area contributed by atoms with Gasteiger partial charge in [0.25, 0.3) is 5.56 Å². The van der Waals surface area contributed by atoms with E-state index in [0.29, 0.717) is 5.56 Å². The molecule has 0 atom stereocenters. The van der Waals surface area contributed by atoms with Crippen LogP contribution in [0, 0.1) is 0 Å². The van der Waals surface area contributed by atoms with Crippen molar-refractivity contribution in [2.75, 3.05) is 11.5 Å². The summed E-state index contributed by atoms with van der Waals surface area (Å²) in [5.74, 6) is -2.44. The molecule has 0 radical (unpaired) electrons. The first-order chi connectivity index (χ1) is 11.4. The van der Waals surface area contributed by atoms with E-state index in [1.165, 1.54) is 0 Å². The fourth-order valence-corrected chi connectivity index (χ4v) is 3.12. The summed E-state index contributed by atoms with van der Waals surface area (Å²) in [5.41, 5.74) is 3.75. The Morgan fingerprint density at radius 2 is 1.88 bits per heavy atom. The minimum absolute atomic E-state index is 0.185. The Hall–Kier alpha value is -2.74. The van der Waals surface area contributed by atoms with Crippen molar-refractivity contribution in [3.8, 4) is 11.1 Å². The predicted octanol–water partition coefficient (Wildman–Crippen LogP) is 2.52. The molecule has 0 aliphatic rings. The van der Waals surface area contributed by atoms with Crippen molar-refractivity contribution >= 4 is 29.5 Å². The van der Waals surface area contributed by atoms with Gasteiger partial charge >= 0.3 is 11.9 Å². The fourth-order valence-electron chi connectivity index (χ4n) is 2.30. The summed E-state index contributed by atoms with van der Waals surface area (Å²) >= 11 is 1.55. The molecule has 0 spiro atoms. The summed E-state index contributed by atoms with van der Waals surface area (Å²) in [6.45, 7) is 2.03. The average molecular weight is 348 g/mol. The average Bonchev–Trinajstić information content (AvgIpc) is 2.51. The smallest absolute Gasteiger partial charge is 0.342 e.